The molecule has 2 saturated carbocycles. The van der Waals surface area contributed by atoms with Crippen molar-refractivity contribution in [3.05, 3.63) is 30.1 Å². The highest BCUT2D eigenvalue weighted by Crippen LogP contribution is 2.62. The third kappa shape index (κ3) is 2.29. The fourth-order valence-electron chi connectivity index (χ4n) is 1.99. The number of fused-ring (bicyclic) bond motifs is 1. The molecule has 0 saturated heterocycles. The van der Waals surface area contributed by atoms with Crippen LogP contribution in [-0.4, -0.2) is 28.5 Å². The van der Waals surface area contributed by atoms with Gasteiger partial charge in [-0.05, 0) is 30.4 Å². The van der Waals surface area contributed by atoms with Gasteiger partial charge >= 0.3 is 0 Å². The number of pyridine rings is 1. The highest BCUT2D eigenvalue weighted by molar-refractivity contribution is 7.80. The Labute approximate surface area is 105 Å². The predicted octanol–water partition coefficient (Wildman–Crippen LogP) is 0.481. The summed E-state index contributed by atoms with van der Waals surface area (Å²) in [6.07, 6.45) is 4.67. The van der Waals surface area contributed by atoms with E-state index in [2.05, 4.69) is 15.6 Å². The number of thiocarbonyl (C=S) groups is 1. The summed E-state index contributed by atoms with van der Waals surface area (Å²) in [7, 11) is 0. The molecular formula is C12H13N3OS. The Morgan fingerprint density at radius 2 is 2.35 bits per heavy atom. The van der Waals surface area contributed by atoms with Crippen molar-refractivity contribution in [3.8, 4) is 0 Å². The molecule has 1 amide bonds. The minimum absolute atomic E-state index is 0.0217. The number of carbonyl (C=O) groups is 1. The van der Waals surface area contributed by atoms with Crippen LogP contribution in [0.5, 0.6) is 0 Å². The quantitative estimate of drug-likeness (QED) is 0.760. The number of nitrogens with one attached hydrogen (secondary N) is 2. The number of rotatable bonds is 4. The van der Waals surface area contributed by atoms with Gasteiger partial charge in [-0.25, -0.2) is 0 Å². The summed E-state index contributed by atoms with van der Waals surface area (Å²) in [4.78, 5) is 16.1. The molecule has 0 spiro atoms. The number of amides is 1. The van der Waals surface area contributed by atoms with Gasteiger partial charge in [0.2, 0.25) is 5.91 Å². The molecule has 3 rings (SSSR count). The minimum atomic E-state index is 0.0217. The second-order valence-corrected chi connectivity index (χ2v) is 4.99. The van der Waals surface area contributed by atoms with Gasteiger partial charge in [-0.1, -0.05) is 12.2 Å². The molecule has 2 N–H and O–H groups in total. The van der Waals surface area contributed by atoms with Crippen LogP contribution in [0.25, 0.3) is 0 Å². The van der Waals surface area contributed by atoms with E-state index < -0.39 is 0 Å². The Kier molecular flexibility index (Phi) is 2.55. The van der Waals surface area contributed by atoms with Gasteiger partial charge in [-0.3, -0.25) is 9.78 Å². The number of nitrogens with zero attached hydrogens (tertiary/aromatic N) is 1. The van der Waals surface area contributed by atoms with Crippen LogP contribution in [0, 0.1) is 11.8 Å². The first-order valence-corrected chi connectivity index (χ1v) is 6.14. The van der Waals surface area contributed by atoms with Crippen LogP contribution in [0.3, 0.4) is 0 Å². The number of carbonyl (C=O) groups excluding carboxylic acids is 1. The fourth-order valence-corrected chi connectivity index (χ4v) is 2.18. The molecule has 0 radical (unpaired) electrons. The molecular weight excluding hydrogens is 234 g/mol. The first kappa shape index (κ1) is 10.7. The molecule has 5 heteroatoms. The van der Waals surface area contributed by atoms with Crippen LogP contribution in [0.1, 0.15) is 12.0 Å². The molecule has 0 aliphatic heterocycles. The van der Waals surface area contributed by atoms with Gasteiger partial charge in [-0.2, -0.15) is 0 Å². The molecule has 1 heterocycles. The molecule has 2 atom stereocenters. The fraction of sp³-hybridized carbons (Fsp3) is 0.417. The normalized spacial score (nSPS) is 27.9. The highest BCUT2D eigenvalue weighted by atomic mass is 32.1. The van der Waals surface area contributed by atoms with Crippen molar-refractivity contribution >= 4 is 23.1 Å². The lowest BCUT2D eigenvalue weighted by atomic mass is 10.3. The van der Waals surface area contributed by atoms with E-state index in [4.69, 9.17) is 12.2 Å². The number of hydrogen-bond donors (Lipinski definition) is 2. The van der Waals surface area contributed by atoms with Crippen molar-refractivity contribution in [2.45, 2.75) is 12.5 Å². The number of aromatic nitrogens is 1. The lowest BCUT2D eigenvalue weighted by molar-refractivity contribution is -0.120. The first-order chi connectivity index (χ1) is 8.25. The molecule has 4 nitrogen and oxygen atoms in total. The molecule has 2 aliphatic rings. The third-order valence-corrected chi connectivity index (χ3v) is 3.71. The minimum Gasteiger partial charge on any atom is -0.367 e. The SMILES string of the molecule is O=C(CNC(=S)c1cccnc1)NC1C2CC21. The average molecular weight is 247 g/mol. The summed E-state index contributed by atoms with van der Waals surface area (Å²) in [5.74, 6) is 1.59. The van der Waals surface area contributed by atoms with Gasteiger partial charge in [0.25, 0.3) is 0 Å². The molecule has 2 fully saturated rings. The Balaban J connectivity index is 1.44. The third-order valence-electron chi connectivity index (χ3n) is 3.33. The lowest BCUT2D eigenvalue weighted by Crippen LogP contribution is -2.39. The maximum atomic E-state index is 11.5. The monoisotopic (exact) mass is 247 g/mol. The molecule has 0 aromatic carbocycles. The van der Waals surface area contributed by atoms with Crippen molar-refractivity contribution in [1.82, 2.24) is 15.6 Å². The molecule has 2 unspecified atom stereocenters. The zero-order valence-corrected chi connectivity index (χ0v) is 10.0. The van der Waals surface area contributed by atoms with E-state index in [1.54, 1.807) is 12.4 Å². The molecule has 17 heavy (non-hydrogen) atoms. The van der Waals surface area contributed by atoms with E-state index in [-0.39, 0.29) is 12.5 Å². The molecule has 2 aliphatic carbocycles. The van der Waals surface area contributed by atoms with E-state index in [1.807, 2.05) is 12.1 Å². The summed E-state index contributed by atoms with van der Waals surface area (Å²) < 4.78 is 0. The van der Waals surface area contributed by atoms with E-state index in [0.717, 1.165) is 17.4 Å². The van der Waals surface area contributed by atoms with Crippen molar-refractivity contribution < 1.29 is 4.79 Å². The summed E-state index contributed by atoms with van der Waals surface area (Å²) in [5.41, 5.74) is 0.838. The summed E-state index contributed by atoms with van der Waals surface area (Å²) in [5, 5.41) is 5.92. The summed E-state index contributed by atoms with van der Waals surface area (Å²) >= 11 is 5.17. The van der Waals surface area contributed by atoms with Gasteiger partial charge in [0.05, 0.1) is 6.54 Å². The van der Waals surface area contributed by atoms with Crippen molar-refractivity contribution in [2.24, 2.45) is 11.8 Å². The molecule has 88 valence electrons. The topological polar surface area (TPSA) is 54.0 Å². The van der Waals surface area contributed by atoms with Crippen LogP contribution >= 0.6 is 12.2 Å². The maximum Gasteiger partial charge on any atom is 0.239 e. The Hall–Kier alpha value is -1.49. The first-order valence-electron chi connectivity index (χ1n) is 5.73. The Morgan fingerprint density at radius 1 is 1.53 bits per heavy atom. The van der Waals surface area contributed by atoms with Gasteiger partial charge in [0.15, 0.2) is 0 Å². The average Bonchev–Trinajstić information content (AvgIpc) is 3.25. The van der Waals surface area contributed by atoms with Crippen LogP contribution in [0.15, 0.2) is 24.5 Å². The predicted molar refractivity (Wildman–Crippen MR) is 67.5 cm³/mol. The van der Waals surface area contributed by atoms with E-state index in [0.29, 0.717) is 11.0 Å². The van der Waals surface area contributed by atoms with Crippen molar-refractivity contribution in [1.29, 1.82) is 0 Å². The van der Waals surface area contributed by atoms with Gasteiger partial charge in [-0.15, -0.1) is 0 Å². The van der Waals surface area contributed by atoms with Crippen LogP contribution < -0.4 is 10.6 Å². The summed E-state index contributed by atoms with van der Waals surface area (Å²) in [6, 6.07) is 4.15. The second-order valence-electron chi connectivity index (χ2n) is 4.58. The van der Waals surface area contributed by atoms with Crippen LogP contribution in [0.4, 0.5) is 0 Å². The van der Waals surface area contributed by atoms with Crippen LogP contribution in [0.2, 0.25) is 0 Å². The van der Waals surface area contributed by atoms with E-state index in [9.17, 15) is 4.79 Å². The molecule has 1 aromatic rings. The zero-order chi connectivity index (χ0) is 11.8. The second kappa shape index (κ2) is 4.07. The summed E-state index contributed by atoms with van der Waals surface area (Å²) in [6.45, 7) is 0.240. The molecule has 1 aromatic heterocycles. The largest absolute Gasteiger partial charge is 0.367 e. The number of hydrogen-bond acceptors (Lipinski definition) is 3. The van der Waals surface area contributed by atoms with E-state index in [1.165, 1.54) is 6.42 Å². The van der Waals surface area contributed by atoms with Crippen molar-refractivity contribution in [3.63, 3.8) is 0 Å². The van der Waals surface area contributed by atoms with Crippen LogP contribution in [-0.2, 0) is 4.79 Å². The van der Waals surface area contributed by atoms with E-state index >= 15 is 0 Å². The Bertz CT molecular complexity index is 454. The van der Waals surface area contributed by atoms with Gasteiger partial charge < -0.3 is 10.6 Å². The standard InChI is InChI=1S/C12H13N3OS/c16-10(15-11-8-4-9(8)11)6-14-12(17)7-2-1-3-13-5-7/h1-3,5,8-9,11H,4,6H2,(H,14,17)(H,15,16). The van der Waals surface area contributed by atoms with Crippen molar-refractivity contribution in [2.75, 3.05) is 6.54 Å². The lowest BCUT2D eigenvalue weighted by Gasteiger charge is -2.10. The highest BCUT2D eigenvalue weighted by Gasteiger charge is 2.64. The smallest absolute Gasteiger partial charge is 0.239 e. The zero-order valence-electron chi connectivity index (χ0n) is 9.22. The molecule has 0 bridgehead atoms. The van der Waals surface area contributed by atoms with Gasteiger partial charge in [0.1, 0.15) is 4.99 Å². The van der Waals surface area contributed by atoms with Gasteiger partial charge in [0, 0.05) is 24.0 Å². The Morgan fingerprint density at radius 3 is 2.94 bits per heavy atom. The maximum absolute atomic E-state index is 11.5.